The number of rotatable bonds is 5. The minimum atomic E-state index is -0.657. The predicted octanol–water partition coefficient (Wildman–Crippen LogP) is 0.547. The number of aromatic nitrogens is 2. The van der Waals surface area contributed by atoms with Crippen molar-refractivity contribution in [2.75, 3.05) is 20.4 Å². The third kappa shape index (κ3) is 3.60. The molecule has 2 aromatic rings. The van der Waals surface area contributed by atoms with Crippen LogP contribution in [0.15, 0.2) is 35.6 Å². The molecule has 8 heteroatoms. The van der Waals surface area contributed by atoms with E-state index in [4.69, 9.17) is 9.47 Å². The average Bonchev–Trinajstić information content (AvgIpc) is 3.23. The third-order valence-electron chi connectivity index (χ3n) is 3.72. The Kier molecular flexibility index (Phi) is 4.85. The van der Waals surface area contributed by atoms with Crippen LogP contribution in [0.2, 0.25) is 0 Å². The van der Waals surface area contributed by atoms with Crippen LogP contribution in [-0.4, -0.2) is 41.2 Å². The molecule has 0 saturated heterocycles. The number of guanidine groups is 1. The molecule has 1 aliphatic heterocycles. The normalized spacial score (nSPS) is 14.5. The number of ether oxygens (including phenoxy) is 2. The van der Waals surface area contributed by atoms with E-state index in [1.807, 2.05) is 25.2 Å². The number of hydrogen-bond acceptors (Lipinski definition) is 5. The Morgan fingerprint density at radius 2 is 2.29 bits per heavy atom. The van der Waals surface area contributed by atoms with Gasteiger partial charge in [0.1, 0.15) is 0 Å². The van der Waals surface area contributed by atoms with Crippen LogP contribution in [0, 0.1) is 0 Å². The van der Waals surface area contributed by atoms with E-state index in [0.29, 0.717) is 19.0 Å². The van der Waals surface area contributed by atoms with Crippen molar-refractivity contribution in [3.05, 3.63) is 41.7 Å². The first-order valence-corrected chi connectivity index (χ1v) is 7.66. The van der Waals surface area contributed by atoms with Crippen molar-refractivity contribution in [2.24, 2.45) is 12.0 Å². The van der Waals surface area contributed by atoms with E-state index in [9.17, 15) is 5.11 Å². The Labute approximate surface area is 140 Å². The minimum Gasteiger partial charge on any atom is -0.454 e. The average molecular weight is 331 g/mol. The van der Waals surface area contributed by atoms with Crippen molar-refractivity contribution in [2.45, 2.75) is 12.6 Å². The van der Waals surface area contributed by atoms with Crippen LogP contribution in [0.4, 0.5) is 0 Å². The zero-order valence-electron chi connectivity index (χ0n) is 13.7. The maximum absolute atomic E-state index is 10.2. The number of aryl methyl sites for hydroxylation is 1. The Hall–Kier alpha value is -2.74. The molecule has 0 spiro atoms. The van der Waals surface area contributed by atoms with Gasteiger partial charge in [0.05, 0.1) is 12.3 Å². The number of para-hydroxylation sites is 1. The lowest BCUT2D eigenvalue weighted by molar-refractivity contribution is 0.173. The van der Waals surface area contributed by atoms with Gasteiger partial charge in [0.2, 0.25) is 6.79 Å². The van der Waals surface area contributed by atoms with Gasteiger partial charge in [-0.1, -0.05) is 12.1 Å². The summed E-state index contributed by atoms with van der Waals surface area (Å²) in [4.78, 5) is 4.16. The topological polar surface area (TPSA) is 92.9 Å². The molecule has 128 valence electrons. The number of nitrogens with one attached hydrogen (secondary N) is 2. The van der Waals surface area contributed by atoms with E-state index in [1.165, 1.54) is 0 Å². The number of fused-ring (bicyclic) bond motifs is 1. The van der Waals surface area contributed by atoms with E-state index in [2.05, 4.69) is 20.7 Å². The molecule has 3 N–H and O–H groups in total. The molecule has 0 bridgehead atoms. The van der Waals surface area contributed by atoms with Crippen LogP contribution in [-0.2, 0) is 13.6 Å². The number of benzene rings is 1. The summed E-state index contributed by atoms with van der Waals surface area (Å²) in [6, 6.07) is 5.77. The fourth-order valence-electron chi connectivity index (χ4n) is 2.45. The zero-order chi connectivity index (χ0) is 16.9. The molecule has 1 aliphatic rings. The molecular formula is C16H21N5O3. The highest BCUT2D eigenvalue weighted by Gasteiger charge is 2.17. The van der Waals surface area contributed by atoms with Crippen molar-refractivity contribution < 1.29 is 14.6 Å². The van der Waals surface area contributed by atoms with Crippen LogP contribution >= 0.6 is 0 Å². The number of aliphatic hydroxyl groups is 1. The number of aliphatic imine (C=N–C) groups is 1. The second-order valence-electron chi connectivity index (χ2n) is 5.42. The summed E-state index contributed by atoms with van der Waals surface area (Å²) in [7, 11) is 3.50. The minimum absolute atomic E-state index is 0.247. The monoisotopic (exact) mass is 331 g/mol. The van der Waals surface area contributed by atoms with E-state index in [0.717, 1.165) is 22.6 Å². The largest absolute Gasteiger partial charge is 0.454 e. The molecule has 3 rings (SSSR count). The SMILES string of the molecule is CN=C(NCc1cccc2c1OCO2)NCC(O)c1cnn(C)c1. The smallest absolute Gasteiger partial charge is 0.231 e. The van der Waals surface area contributed by atoms with Crippen molar-refractivity contribution in [3.8, 4) is 11.5 Å². The maximum atomic E-state index is 10.2. The van der Waals surface area contributed by atoms with Gasteiger partial charge in [-0.2, -0.15) is 5.10 Å². The van der Waals surface area contributed by atoms with Crippen molar-refractivity contribution in [1.29, 1.82) is 0 Å². The first-order chi connectivity index (χ1) is 11.7. The quantitative estimate of drug-likeness (QED) is 0.547. The fourth-order valence-corrected chi connectivity index (χ4v) is 2.45. The van der Waals surface area contributed by atoms with E-state index < -0.39 is 6.10 Å². The van der Waals surface area contributed by atoms with Gasteiger partial charge in [0.25, 0.3) is 0 Å². The first-order valence-electron chi connectivity index (χ1n) is 7.66. The predicted molar refractivity (Wildman–Crippen MR) is 88.9 cm³/mol. The summed E-state index contributed by atoms with van der Waals surface area (Å²) in [5.41, 5.74) is 1.74. The highest BCUT2D eigenvalue weighted by molar-refractivity contribution is 5.79. The highest BCUT2D eigenvalue weighted by Crippen LogP contribution is 2.35. The first kappa shape index (κ1) is 16.1. The molecule has 24 heavy (non-hydrogen) atoms. The lowest BCUT2D eigenvalue weighted by Crippen LogP contribution is -2.39. The van der Waals surface area contributed by atoms with Gasteiger partial charge in [-0.05, 0) is 6.07 Å². The Balaban J connectivity index is 1.53. The highest BCUT2D eigenvalue weighted by atomic mass is 16.7. The molecule has 0 amide bonds. The zero-order valence-corrected chi connectivity index (χ0v) is 13.7. The van der Waals surface area contributed by atoms with Gasteiger partial charge in [-0.25, -0.2) is 0 Å². The molecule has 8 nitrogen and oxygen atoms in total. The number of aliphatic hydroxyl groups excluding tert-OH is 1. The molecular weight excluding hydrogens is 310 g/mol. The number of hydrogen-bond donors (Lipinski definition) is 3. The summed E-state index contributed by atoms with van der Waals surface area (Å²) in [5.74, 6) is 2.11. The standard InChI is InChI=1S/C16H21N5O3/c1-17-16(19-8-13(22)12-7-20-21(2)9-12)18-6-11-4-3-5-14-15(11)24-10-23-14/h3-5,7,9,13,22H,6,8,10H2,1-2H3,(H2,17,18,19). The summed E-state index contributed by atoms with van der Waals surface area (Å²) in [5, 5.41) is 20.5. The summed E-state index contributed by atoms with van der Waals surface area (Å²) in [6.45, 7) is 1.11. The summed E-state index contributed by atoms with van der Waals surface area (Å²) < 4.78 is 12.5. The molecule has 1 unspecified atom stereocenters. The summed E-state index contributed by atoms with van der Waals surface area (Å²) >= 11 is 0. The van der Waals surface area contributed by atoms with Crippen LogP contribution in [0.3, 0.4) is 0 Å². The maximum Gasteiger partial charge on any atom is 0.231 e. The molecule has 1 atom stereocenters. The molecule has 1 aromatic carbocycles. The lowest BCUT2D eigenvalue weighted by atomic mass is 10.2. The Morgan fingerprint density at radius 1 is 1.42 bits per heavy atom. The molecule has 0 saturated carbocycles. The van der Waals surface area contributed by atoms with E-state index >= 15 is 0 Å². The molecule has 0 fully saturated rings. The van der Waals surface area contributed by atoms with Gasteiger partial charge in [-0.15, -0.1) is 0 Å². The molecule has 2 heterocycles. The van der Waals surface area contributed by atoms with E-state index in [1.54, 1.807) is 24.1 Å². The van der Waals surface area contributed by atoms with Crippen LogP contribution in [0.5, 0.6) is 11.5 Å². The van der Waals surface area contributed by atoms with Gasteiger partial charge in [-0.3, -0.25) is 9.67 Å². The van der Waals surface area contributed by atoms with Gasteiger partial charge >= 0.3 is 0 Å². The van der Waals surface area contributed by atoms with Gasteiger partial charge in [0.15, 0.2) is 17.5 Å². The summed E-state index contributed by atoms with van der Waals surface area (Å²) in [6.07, 6.45) is 2.77. The van der Waals surface area contributed by atoms with Crippen LogP contribution < -0.4 is 20.1 Å². The second kappa shape index (κ2) is 7.22. The van der Waals surface area contributed by atoms with Gasteiger partial charge < -0.3 is 25.2 Å². The number of nitrogens with zero attached hydrogens (tertiary/aromatic N) is 3. The van der Waals surface area contributed by atoms with Crippen molar-refractivity contribution in [3.63, 3.8) is 0 Å². The molecule has 0 aliphatic carbocycles. The fraction of sp³-hybridized carbons (Fsp3) is 0.375. The van der Waals surface area contributed by atoms with Crippen LogP contribution in [0.25, 0.3) is 0 Å². The Bertz CT molecular complexity index is 728. The molecule has 0 radical (unpaired) electrons. The van der Waals surface area contributed by atoms with Crippen molar-refractivity contribution >= 4 is 5.96 Å². The van der Waals surface area contributed by atoms with Gasteiger partial charge in [0, 0.05) is 44.5 Å². The lowest BCUT2D eigenvalue weighted by Gasteiger charge is -2.15. The third-order valence-corrected chi connectivity index (χ3v) is 3.72. The second-order valence-corrected chi connectivity index (χ2v) is 5.42. The molecule has 1 aromatic heterocycles. The van der Waals surface area contributed by atoms with Crippen molar-refractivity contribution in [1.82, 2.24) is 20.4 Å². The van der Waals surface area contributed by atoms with Crippen LogP contribution in [0.1, 0.15) is 17.2 Å². The van der Waals surface area contributed by atoms with E-state index in [-0.39, 0.29) is 6.79 Å². The Morgan fingerprint density at radius 3 is 3.04 bits per heavy atom.